The highest BCUT2D eigenvalue weighted by Gasteiger charge is 2.18. The second-order valence-electron chi connectivity index (χ2n) is 5.56. The summed E-state index contributed by atoms with van der Waals surface area (Å²) in [7, 11) is 3.14. The Labute approximate surface area is 142 Å². The number of anilines is 1. The third-order valence-corrected chi connectivity index (χ3v) is 4.00. The van der Waals surface area contributed by atoms with E-state index in [9.17, 15) is 5.11 Å². The van der Waals surface area contributed by atoms with Crippen molar-refractivity contribution >= 4 is 5.82 Å². The molecule has 2 aromatic rings. The predicted molar refractivity (Wildman–Crippen MR) is 95.0 cm³/mol. The Kier molecular flexibility index (Phi) is 5.84. The molecule has 2 N–H and O–H groups in total. The number of phenolic OH excluding ortho intramolecular Hbond substituents is 1. The second kappa shape index (κ2) is 7.86. The summed E-state index contributed by atoms with van der Waals surface area (Å²) in [6, 6.07) is 5.24. The highest BCUT2D eigenvalue weighted by molar-refractivity contribution is 5.71. The number of methoxy groups -OCH3 is 2. The van der Waals surface area contributed by atoms with Crippen LogP contribution < -0.4 is 14.8 Å². The fraction of sp³-hybridized carbons (Fsp3) is 0.444. The maximum absolute atomic E-state index is 9.63. The standard InChI is InChI=1S/C18H25N3O3/c1-6-12(7-2)20-17-18(24-5)21-16(11(3)19-17)14-9-8-13(22)10-15(14)23-4/h8-10,12,22H,6-7H2,1-5H3,(H,19,20). The van der Waals surface area contributed by atoms with Gasteiger partial charge in [-0.15, -0.1) is 0 Å². The van der Waals surface area contributed by atoms with E-state index in [1.807, 2.05) is 6.92 Å². The van der Waals surface area contributed by atoms with Gasteiger partial charge in [0.15, 0.2) is 5.82 Å². The van der Waals surface area contributed by atoms with Gasteiger partial charge in [-0.3, -0.25) is 0 Å². The highest BCUT2D eigenvalue weighted by atomic mass is 16.5. The quantitative estimate of drug-likeness (QED) is 0.804. The largest absolute Gasteiger partial charge is 0.508 e. The van der Waals surface area contributed by atoms with E-state index in [0.29, 0.717) is 29.2 Å². The number of aryl methyl sites for hydroxylation is 1. The Bertz CT molecular complexity index is 700. The average Bonchev–Trinajstić information content (AvgIpc) is 2.60. The van der Waals surface area contributed by atoms with Crippen molar-refractivity contribution in [3.05, 3.63) is 23.9 Å². The lowest BCUT2D eigenvalue weighted by Gasteiger charge is -2.19. The first-order valence-electron chi connectivity index (χ1n) is 8.10. The molecule has 0 spiro atoms. The number of nitrogens with zero attached hydrogens (tertiary/aromatic N) is 2. The van der Waals surface area contributed by atoms with Crippen molar-refractivity contribution in [3.63, 3.8) is 0 Å². The molecule has 6 nitrogen and oxygen atoms in total. The molecule has 0 bridgehead atoms. The first-order chi connectivity index (χ1) is 11.5. The van der Waals surface area contributed by atoms with Crippen LogP contribution >= 0.6 is 0 Å². The molecular weight excluding hydrogens is 306 g/mol. The van der Waals surface area contributed by atoms with E-state index < -0.39 is 0 Å². The lowest BCUT2D eigenvalue weighted by molar-refractivity contribution is 0.396. The molecule has 0 aliphatic carbocycles. The molecule has 24 heavy (non-hydrogen) atoms. The van der Waals surface area contributed by atoms with Crippen molar-refractivity contribution in [3.8, 4) is 28.6 Å². The third kappa shape index (κ3) is 3.69. The van der Waals surface area contributed by atoms with E-state index in [-0.39, 0.29) is 5.75 Å². The molecule has 0 atom stereocenters. The molecule has 1 aromatic heterocycles. The Morgan fingerprint density at radius 1 is 1.12 bits per heavy atom. The lowest BCUT2D eigenvalue weighted by Crippen LogP contribution is -2.19. The van der Waals surface area contributed by atoms with Gasteiger partial charge in [-0.25, -0.2) is 9.97 Å². The van der Waals surface area contributed by atoms with Crippen molar-refractivity contribution in [1.29, 1.82) is 0 Å². The molecule has 0 saturated heterocycles. The van der Waals surface area contributed by atoms with E-state index >= 15 is 0 Å². The van der Waals surface area contributed by atoms with Crippen LogP contribution in [-0.2, 0) is 0 Å². The van der Waals surface area contributed by atoms with Crippen molar-refractivity contribution in [2.75, 3.05) is 19.5 Å². The number of nitrogens with one attached hydrogen (secondary N) is 1. The number of aromatic nitrogens is 2. The number of hydrogen-bond donors (Lipinski definition) is 2. The fourth-order valence-corrected chi connectivity index (χ4v) is 2.56. The Balaban J connectivity index is 2.50. The predicted octanol–water partition coefficient (Wildman–Crippen LogP) is 3.78. The van der Waals surface area contributed by atoms with Gasteiger partial charge in [-0.05, 0) is 31.9 Å². The Morgan fingerprint density at radius 3 is 2.42 bits per heavy atom. The highest BCUT2D eigenvalue weighted by Crippen LogP contribution is 2.35. The zero-order valence-electron chi connectivity index (χ0n) is 14.9. The maximum Gasteiger partial charge on any atom is 0.257 e. The van der Waals surface area contributed by atoms with Crippen molar-refractivity contribution in [1.82, 2.24) is 9.97 Å². The van der Waals surface area contributed by atoms with E-state index in [1.165, 1.54) is 0 Å². The SMILES string of the molecule is CCC(CC)Nc1nc(C)c(-c2ccc(O)cc2OC)nc1OC. The van der Waals surface area contributed by atoms with Gasteiger partial charge in [-0.1, -0.05) is 13.8 Å². The monoisotopic (exact) mass is 331 g/mol. The third-order valence-electron chi connectivity index (χ3n) is 4.00. The van der Waals surface area contributed by atoms with Crippen molar-refractivity contribution in [2.24, 2.45) is 0 Å². The van der Waals surface area contributed by atoms with Crippen molar-refractivity contribution < 1.29 is 14.6 Å². The smallest absolute Gasteiger partial charge is 0.257 e. The molecular formula is C18H25N3O3. The summed E-state index contributed by atoms with van der Waals surface area (Å²) in [6.07, 6.45) is 1.99. The van der Waals surface area contributed by atoms with Crippen LogP contribution in [0.3, 0.4) is 0 Å². The van der Waals surface area contributed by atoms with Gasteiger partial charge in [-0.2, -0.15) is 0 Å². The number of phenols is 1. The normalized spacial score (nSPS) is 10.8. The van der Waals surface area contributed by atoms with Crippen LogP contribution in [0.5, 0.6) is 17.4 Å². The summed E-state index contributed by atoms with van der Waals surface area (Å²) < 4.78 is 10.8. The molecule has 0 saturated carbocycles. The van der Waals surface area contributed by atoms with Gasteiger partial charge in [0.25, 0.3) is 5.88 Å². The Morgan fingerprint density at radius 2 is 1.83 bits per heavy atom. The molecule has 0 amide bonds. The zero-order valence-corrected chi connectivity index (χ0v) is 14.9. The Hall–Kier alpha value is -2.50. The van der Waals surface area contributed by atoms with Crippen LogP contribution in [0.4, 0.5) is 5.82 Å². The number of hydrogen-bond acceptors (Lipinski definition) is 6. The summed E-state index contributed by atoms with van der Waals surface area (Å²) in [6.45, 7) is 6.15. The molecule has 0 radical (unpaired) electrons. The maximum atomic E-state index is 9.63. The molecule has 1 aromatic carbocycles. The van der Waals surface area contributed by atoms with Crippen LogP contribution in [0.1, 0.15) is 32.4 Å². The number of rotatable bonds is 7. The summed E-state index contributed by atoms with van der Waals surface area (Å²) in [5.41, 5.74) is 2.18. The van der Waals surface area contributed by atoms with E-state index in [0.717, 1.165) is 24.1 Å². The van der Waals surface area contributed by atoms with Crippen LogP contribution in [0.2, 0.25) is 0 Å². The second-order valence-corrected chi connectivity index (χ2v) is 5.56. The zero-order chi connectivity index (χ0) is 17.7. The molecule has 0 aliphatic heterocycles. The van der Waals surface area contributed by atoms with Crippen LogP contribution in [0.25, 0.3) is 11.3 Å². The van der Waals surface area contributed by atoms with Gasteiger partial charge in [0, 0.05) is 17.7 Å². The van der Waals surface area contributed by atoms with Crippen LogP contribution in [0.15, 0.2) is 18.2 Å². The summed E-state index contributed by atoms with van der Waals surface area (Å²) in [4.78, 5) is 9.25. The van der Waals surface area contributed by atoms with Crippen molar-refractivity contribution in [2.45, 2.75) is 39.7 Å². The molecule has 130 valence electrons. The minimum absolute atomic E-state index is 0.139. The molecule has 0 aliphatic rings. The molecule has 0 unspecified atom stereocenters. The summed E-state index contributed by atoms with van der Waals surface area (Å²) in [5.74, 6) is 1.76. The lowest BCUT2D eigenvalue weighted by atomic mass is 10.1. The van der Waals surface area contributed by atoms with Gasteiger partial charge >= 0.3 is 0 Å². The summed E-state index contributed by atoms with van der Waals surface area (Å²) in [5, 5.41) is 13.0. The summed E-state index contributed by atoms with van der Waals surface area (Å²) >= 11 is 0. The first kappa shape index (κ1) is 17.8. The van der Waals surface area contributed by atoms with Gasteiger partial charge < -0.3 is 19.9 Å². The minimum atomic E-state index is 0.139. The van der Waals surface area contributed by atoms with Gasteiger partial charge in [0.2, 0.25) is 0 Å². The number of aromatic hydroxyl groups is 1. The van der Waals surface area contributed by atoms with Crippen LogP contribution in [0, 0.1) is 6.92 Å². The molecule has 1 heterocycles. The topological polar surface area (TPSA) is 76.5 Å². The first-order valence-corrected chi connectivity index (χ1v) is 8.10. The molecule has 2 rings (SSSR count). The van der Waals surface area contributed by atoms with Gasteiger partial charge in [0.05, 0.1) is 25.6 Å². The molecule has 0 fully saturated rings. The van der Waals surface area contributed by atoms with Gasteiger partial charge in [0.1, 0.15) is 11.5 Å². The fourth-order valence-electron chi connectivity index (χ4n) is 2.56. The van der Waals surface area contributed by atoms with E-state index in [4.69, 9.17) is 9.47 Å². The average molecular weight is 331 g/mol. The van der Waals surface area contributed by atoms with Crippen LogP contribution in [-0.4, -0.2) is 35.3 Å². The molecule has 6 heteroatoms. The number of benzene rings is 1. The number of ether oxygens (including phenoxy) is 2. The minimum Gasteiger partial charge on any atom is -0.508 e. The van der Waals surface area contributed by atoms with E-state index in [2.05, 4.69) is 29.1 Å². The van der Waals surface area contributed by atoms with E-state index in [1.54, 1.807) is 32.4 Å².